The van der Waals surface area contributed by atoms with E-state index in [-0.39, 0.29) is 0 Å². The number of hydrogen-bond donors (Lipinski definition) is 1. The molecule has 0 saturated carbocycles. The molecule has 4 nitrogen and oxygen atoms in total. The molecule has 0 bridgehead atoms. The van der Waals surface area contributed by atoms with E-state index in [9.17, 15) is 4.79 Å². The molecule has 0 aliphatic carbocycles. The number of ether oxygens (including phenoxy) is 1. The molecule has 16 heavy (non-hydrogen) atoms. The average Bonchev–Trinajstić information content (AvgIpc) is 2.55. The van der Waals surface area contributed by atoms with Crippen molar-refractivity contribution in [3.05, 3.63) is 20.3 Å². The van der Waals surface area contributed by atoms with Gasteiger partial charge in [-0.1, -0.05) is 23.2 Å². The predicted octanol–water partition coefficient (Wildman–Crippen LogP) is 3.53. The zero-order valence-corrected chi connectivity index (χ0v) is 11.0. The van der Waals surface area contributed by atoms with E-state index in [0.29, 0.717) is 26.6 Å². The molecule has 0 fully saturated rings. The number of hydrazone groups is 1. The Morgan fingerprint density at radius 3 is 2.81 bits per heavy atom. The summed E-state index contributed by atoms with van der Waals surface area (Å²) in [5.41, 5.74) is 3.52. The largest absolute Gasteiger partial charge is 0.449 e. The quantitative estimate of drug-likeness (QED) is 0.680. The molecule has 88 valence electrons. The number of carbonyl (C=O) groups is 1. The van der Waals surface area contributed by atoms with Gasteiger partial charge in [-0.15, -0.1) is 11.3 Å². The summed E-state index contributed by atoms with van der Waals surface area (Å²) < 4.78 is 5.76. The Balaban J connectivity index is 2.70. The third kappa shape index (κ3) is 3.66. The highest BCUT2D eigenvalue weighted by Crippen LogP contribution is 2.31. The van der Waals surface area contributed by atoms with Gasteiger partial charge in [0.25, 0.3) is 0 Å². The summed E-state index contributed by atoms with van der Waals surface area (Å²) in [4.78, 5) is 11.0. The van der Waals surface area contributed by atoms with Crippen molar-refractivity contribution in [2.45, 2.75) is 13.8 Å². The van der Waals surface area contributed by atoms with Gasteiger partial charge in [-0.05, 0) is 19.9 Å². The Morgan fingerprint density at radius 2 is 2.31 bits per heavy atom. The number of rotatable bonds is 3. The third-order valence-corrected chi connectivity index (χ3v) is 3.12. The van der Waals surface area contributed by atoms with Gasteiger partial charge in [0.05, 0.1) is 16.7 Å². The number of hydrogen-bond acceptors (Lipinski definition) is 4. The fourth-order valence-electron chi connectivity index (χ4n) is 0.940. The third-order valence-electron chi connectivity index (χ3n) is 1.64. The first-order valence-corrected chi connectivity index (χ1v) is 6.04. The van der Waals surface area contributed by atoms with Crippen LogP contribution in [0.3, 0.4) is 0 Å². The number of halogens is 2. The molecule has 7 heteroatoms. The van der Waals surface area contributed by atoms with Gasteiger partial charge in [-0.2, -0.15) is 5.10 Å². The van der Waals surface area contributed by atoms with Crippen LogP contribution < -0.4 is 5.43 Å². The fraction of sp³-hybridized carbons (Fsp3) is 0.333. The van der Waals surface area contributed by atoms with Gasteiger partial charge in [-0.3, -0.25) is 0 Å². The maximum absolute atomic E-state index is 11.0. The number of carbonyl (C=O) groups excluding carboxylic acids is 1. The van der Waals surface area contributed by atoms with Gasteiger partial charge in [0, 0.05) is 5.56 Å². The second kappa shape index (κ2) is 6.08. The van der Waals surface area contributed by atoms with Crippen molar-refractivity contribution in [3.8, 4) is 0 Å². The molecule has 1 rings (SSSR count). The van der Waals surface area contributed by atoms with Crippen LogP contribution in [0, 0.1) is 0 Å². The highest BCUT2D eigenvalue weighted by molar-refractivity contribution is 7.20. The smallest absolute Gasteiger partial charge is 0.427 e. The maximum Gasteiger partial charge on any atom is 0.427 e. The topological polar surface area (TPSA) is 50.7 Å². The summed E-state index contributed by atoms with van der Waals surface area (Å²) in [5.74, 6) is 0. The lowest BCUT2D eigenvalue weighted by Crippen LogP contribution is -2.20. The summed E-state index contributed by atoms with van der Waals surface area (Å²) in [5, 5.41) is 3.84. The molecule has 1 aromatic heterocycles. The molecule has 0 aliphatic rings. The first-order chi connectivity index (χ1) is 7.54. The first kappa shape index (κ1) is 13.3. The average molecular weight is 281 g/mol. The standard InChI is InChI=1S/C9H10Cl2N2O2S/c1-3-15-9(14)13-12-5(2)6-4-7(10)16-8(6)11/h4H,3H2,1-2H3,(H,13,14)/b12-5+. The van der Waals surface area contributed by atoms with Gasteiger partial charge in [0.2, 0.25) is 0 Å². The second-order valence-corrected chi connectivity index (χ2v) is 5.05. The molecule has 0 spiro atoms. The van der Waals surface area contributed by atoms with Crippen molar-refractivity contribution in [2.75, 3.05) is 6.61 Å². The summed E-state index contributed by atoms with van der Waals surface area (Å²) in [7, 11) is 0. The molecule has 1 amide bonds. The summed E-state index contributed by atoms with van der Waals surface area (Å²) in [6, 6.07) is 1.69. The first-order valence-electron chi connectivity index (χ1n) is 4.46. The summed E-state index contributed by atoms with van der Waals surface area (Å²) in [6.45, 7) is 3.73. The molecule has 1 aromatic rings. The van der Waals surface area contributed by atoms with Crippen LogP contribution in [0.5, 0.6) is 0 Å². The lowest BCUT2D eigenvalue weighted by molar-refractivity contribution is 0.152. The van der Waals surface area contributed by atoms with Crippen LogP contribution in [0.4, 0.5) is 4.79 Å². The molecule has 0 unspecified atom stereocenters. The van der Waals surface area contributed by atoms with Crippen LogP contribution in [0.15, 0.2) is 11.2 Å². The summed E-state index contributed by atoms with van der Waals surface area (Å²) in [6.07, 6.45) is -0.598. The molecular weight excluding hydrogens is 271 g/mol. The Morgan fingerprint density at radius 1 is 1.62 bits per heavy atom. The Bertz CT molecular complexity index is 418. The predicted molar refractivity (Wildman–Crippen MR) is 66.7 cm³/mol. The van der Waals surface area contributed by atoms with Crippen LogP contribution in [-0.2, 0) is 4.74 Å². The van der Waals surface area contributed by atoms with Crippen LogP contribution in [0.25, 0.3) is 0 Å². The van der Waals surface area contributed by atoms with Crippen molar-refractivity contribution in [1.29, 1.82) is 0 Å². The fourth-order valence-corrected chi connectivity index (χ4v) is 2.50. The van der Waals surface area contributed by atoms with E-state index >= 15 is 0 Å². The van der Waals surface area contributed by atoms with Crippen LogP contribution >= 0.6 is 34.5 Å². The lowest BCUT2D eigenvalue weighted by atomic mass is 10.2. The van der Waals surface area contributed by atoms with E-state index in [2.05, 4.69) is 15.3 Å². The molecule has 1 heterocycles. The van der Waals surface area contributed by atoms with Crippen molar-refractivity contribution in [1.82, 2.24) is 5.43 Å². The molecule has 0 atom stereocenters. The van der Waals surface area contributed by atoms with Gasteiger partial charge < -0.3 is 4.74 Å². The SMILES string of the molecule is CCOC(=O)N/N=C(\C)c1cc(Cl)sc1Cl. The van der Waals surface area contributed by atoms with E-state index < -0.39 is 6.09 Å². The normalized spacial score (nSPS) is 11.4. The van der Waals surface area contributed by atoms with Gasteiger partial charge >= 0.3 is 6.09 Å². The Hall–Kier alpha value is -0.780. The monoisotopic (exact) mass is 280 g/mol. The van der Waals surface area contributed by atoms with E-state index in [4.69, 9.17) is 23.2 Å². The Labute approximate surface area is 107 Å². The Kier molecular flexibility index (Phi) is 5.05. The zero-order valence-electron chi connectivity index (χ0n) is 8.71. The minimum absolute atomic E-state index is 0.297. The van der Waals surface area contributed by atoms with Crippen molar-refractivity contribution >= 4 is 46.3 Å². The summed E-state index contributed by atoms with van der Waals surface area (Å²) >= 11 is 13.0. The molecular formula is C9H10Cl2N2O2S. The highest BCUT2D eigenvalue weighted by Gasteiger charge is 2.09. The minimum atomic E-state index is -0.598. The van der Waals surface area contributed by atoms with E-state index in [0.717, 1.165) is 0 Å². The van der Waals surface area contributed by atoms with Gasteiger partial charge in [0.15, 0.2) is 0 Å². The number of nitrogens with zero attached hydrogens (tertiary/aromatic N) is 1. The minimum Gasteiger partial charge on any atom is -0.449 e. The number of thiophene rings is 1. The highest BCUT2D eigenvalue weighted by atomic mass is 35.5. The maximum atomic E-state index is 11.0. The van der Waals surface area contributed by atoms with Gasteiger partial charge in [0.1, 0.15) is 4.34 Å². The van der Waals surface area contributed by atoms with E-state index in [1.165, 1.54) is 11.3 Å². The molecule has 0 aromatic carbocycles. The van der Waals surface area contributed by atoms with Gasteiger partial charge in [-0.25, -0.2) is 10.2 Å². The van der Waals surface area contributed by atoms with E-state index in [1.54, 1.807) is 19.9 Å². The number of amides is 1. The second-order valence-electron chi connectivity index (χ2n) is 2.77. The van der Waals surface area contributed by atoms with Crippen molar-refractivity contribution in [3.63, 3.8) is 0 Å². The van der Waals surface area contributed by atoms with Crippen LogP contribution in [0.1, 0.15) is 19.4 Å². The van der Waals surface area contributed by atoms with Crippen LogP contribution in [0.2, 0.25) is 8.67 Å². The zero-order chi connectivity index (χ0) is 12.1. The molecule has 0 radical (unpaired) electrons. The molecule has 0 aliphatic heterocycles. The number of nitrogens with one attached hydrogen (secondary N) is 1. The van der Waals surface area contributed by atoms with Crippen molar-refractivity contribution < 1.29 is 9.53 Å². The van der Waals surface area contributed by atoms with Crippen molar-refractivity contribution in [2.24, 2.45) is 5.10 Å². The van der Waals surface area contributed by atoms with E-state index in [1.807, 2.05) is 0 Å². The van der Waals surface area contributed by atoms with Crippen LogP contribution in [-0.4, -0.2) is 18.4 Å². The molecule has 1 N–H and O–H groups in total. The lowest BCUT2D eigenvalue weighted by Gasteiger charge is -2.01. The molecule has 0 saturated heterocycles.